The van der Waals surface area contributed by atoms with Crippen molar-refractivity contribution in [2.75, 3.05) is 32.0 Å². The Balaban J connectivity index is 0.000000190. The van der Waals surface area contributed by atoms with Crippen LogP contribution in [-0.4, -0.2) is 52.6 Å². The normalized spacial score (nSPS) is 17.4. The summed E-state index contributed by atoms with van der Waals surface area (Å²) in [7, 11) is 4.08. The Morgan fingerprint density at radius 3 is 2.39 bits per heavy atom. The fraction of sp³-hybridized carbons (Fsp3) is 0.393. The molecule has 1 aliphatic carbocycles. The highest BCUT2D eigenvalue weighted by atomic mass is 35.5. The van der Waals surface area contributed by atoms with Gasteiger partial charge in [-0.2, -0.15) is 5.10 Å². The van der Waals surface area contributed by atoms with E-state index in [2.05, 4.69) is 39.5 Å². The third kappa shape index (κ3) is 5.68. The van der Waals surface area contributed by atoms with Gasteiger partial charge in [-0.15, -0.1) is 0 Å². The lowest BCUT2D eigenvalue weighted by molar-refractivity contribution is 0.112. The maximum atomic E-state index is 14.5. The van der Waals surface area contributed by atoms with E-state index in [0.29, 0.717) is 22.4 Å². The molecule has 190 valence electrons. The second-order valence-electron chi connectivity index (χ2n) is 9.59. The highest BCUT2D eigenvalue weighted by Gasteiger charge is 2.42. The quantitative estimate of drug-likeness (QED) is 0.345. The maximum absolute atomic E-state index is 14.5. The number of aryl methyl sites for hydroxylation is 1. The summed E-state index contributed by atoms with van der Waals surface area (Å²) in [5.74, 6) is 0.213. The molecule has 36 heavy (non-hydrogen) atoms. The first-order valence-electron chi connectivity index (χ1n) is 12.4. The molecule has 1 saturated heterocycles. The monoisotopic (exact) mass is 509 g/mol. The van der Waals surface area contributed by atoms with Crippen LogP contribution in [0, 0.1) is 5.82 Å². The maximum Gasteiger partial charge on any atom is 0.153 e. The van der Waals surface area contributed by atoms with Crippen molar-refractivity contribution in [1.29, 1.82) is 0 Å². The number of allylic oxidation sites excluding steroid dienone is 2. The summed E-state index contributed by atoms with van der Waals surface area (Å²) < 4.78 is 16.3. The number of fused-ring (bicyclic) bond motifs is 2. The summed E-state index contributed by atoms with van der Waals surface area (Å²) in [4.78, 5) is 17.8. The number of nitrogens with one attached hydrogen (secondary N) is 1. The number of carbonyl (C=O) groups is 1. The van der Waals surface area contributed by atoms with Crippen molar-refractivity contribution in [3.05, 3.63) is 77.0 Å². The van der Waals surface area contributed by atoms with Gasteiger partial charge in [0.15, 0.2) is 6.29 Å². The van der Waals surface area contributed by atoms with E-state index in [4.69, 9.17) is 11.6 Å². The number of aldehydes is 1. The molecule has 6 rings (SSSR count). The fourth-order valence-electron chi connectivity index (χ4n) is 4.93. The topological polar surface area (TPSA) is 63.1 Å². The zero-order chi connectivity index (χ0) is 25.5. The van der Waals surface area contributed by atoms with Gasteiger partial charge in [0, 0.05) is 54.3 Å². The SMILES string of the molecule is CN1CCCCC1.Cn1cccn1.O=Cc1cccc(-c2cnc3c(c2Cl)C2(CC=CC2)CN3)c1F. The molecule has 0 atom stereocenters. The molecule has 1 N–H and O–H groups in total. The van der Waals surface area contributed by atoms with Crippen molar-refractivity contribution in [3.63, 3.8) is 0 Å². The average molecular weight is 510 g/mol. The predicted octanol–water partition coefficient (Wildman–Crippen LogP) is 5.89. The molecule has 1 aromatic carbocycles. The molecule has 0 radical (unpaired) electrons. The number of pyridine rings is 1. The molecular weight excluding hydrogens is 477 g/mol. The number of benzene rings is 1. The Bertz CT molecular complexity index is 1200. The van der Waals surface area contributed by atoms with E-state index in [0.717, 1.165) is 30.8 Å². The summed E-state index contributed by atoms with van der Waals surface area (Å²) in [6.45, 7) is 3.42. The fourth-order valence-corrected chi connectivity index (χ4v) is 5.37. The Labute approximate surface area is 217 Å². The number of halogens is 2. The molecule has 2 aliphatic heterocycles. The predicted molar refractivity (Wildman–Crippen MR) is 143 cm³/mol. The van der Waals surface area contributed by atoms with E-state index in [9.17, 15) is 9.18 Å². The number of piperidine rings is 1. The number of anilines is 1. The number of carbonyl (C=O) groups excluding carboxylic acids is 1. The van der Waals surface area contributed by atoms with Gasteiger partial charge in [0.25, 0.3) is 0 Å². The second-order valence-corrected chi connectivity index (χ2v) is 9.97. The van der Waals surface area contributed by atoms with E-state index in [-0.39, 0.29) is 11.0 Å². The van der Waals surface area contributed by atoms with Crippen molar-refractivity contribution in [2.24, 2.45) is 7.05 Å². The summed E-state index contributed by atoms with van der Waals surface area (Å²) in [5.41, 5.74) is 1.73. The van der Waals surface area contributed by atoms with Gasteiger partial charge in [-0.3, -0.25) is 9.48 Å². The van der Waals surface area contributed by atoms with Gasteiger partial charge >= 0.3 is 0 Å². The van der Waals surface area contributed by atoms with Crippen LogP contribution in [0.2, 0.25) is 5.02 Å². The van der Waals surface area contributed by atoms with Gasteiger partial charge < -0.3 is 10.2 Å². The number of hydrogen-bond donors (Lipinski definition) is 1. The molecule has 1 fully saturated rings. The van der Waals surface area contributed by atoms with Crippen molar-refractivity contribution >= 4 is 23.7 Å². The largest absolute Gasteiger partial charge is 0.369 e. The molecular formula is C28H33ClFN5O. The Morgan fingerprint density at radius 1 is 1.08 bits per heavy atom. The molecule has 0 saturated carbocycles. The first-order valence-corrected chi connectivity index (χ1v) is 12.8. The molecule has 2 aromatic heterocycles. The standard InChI is InChI=1S/C18H14ClFN2O.C6H13N.C4H6N2/c19-15-13(12-5-3-4-11(9-23)16(12)20)8-21-17-14(15)18(10-22-17)6-1-2-7-18;1-7-5-3-2-4-6-7;1-6-4-2-3-5-6/h1-5,8-9H,6-7,10H2,(H,21,22);2-6H2,1H3;2-4H,1H3. The lowest BCUT2D eigenvalue weighted by Gasteiger charge is -2.24. The van der Waals surface area contributed by atoms with Gasteiger partial charge in [0.05, 0.1) is 10.6 Å². The van der Waals surface area contributed by atoms with E-state index in [1.165, 1.54) is 38.4 Å². The zero-order valence-corrected chi connectivity index (χ0v) is 21.6. The van der Waals surface area contributed by atoms with Crippen molar-refractivity contribution in [2.45, 2.75) is 37.5 Å². The van der Waals surface area contributed by atoms with Gasteiger partial charge in [0.1, 0.15) is 11.6 Å². The Kier molecular flexibility index (Phi) is 8.54. The minimum atomic E-state index is -0.560. The summed E-state index contributed by atoms with van der Waals surface area (Å²) >= 11 is 6.66. The number of likely N-dealkylation sites (tertiary alicyclic amines) is 1. The lowest BCUT2D eigenvalue weighted by Crippen LogP contribution is -2.25. The van der Waals surface area contributed by atoms with Gasteiger partial charge in [-0.25, -0.2) is 9.37 Å². The van der Waals surface area contributed by atoms with Crippen LogP contribution < -0.4 is 5.32 Å². The van der Waals surface area contributed by atoms with Crippen LogP contribution in [0.25, 0.3) is 11.1 Å². The van der Waals surface area contributed by atoms with Crippen LogP contribution in [0.15, 0.2) is 55.0 Å². The first kappa shape index (κ1) is 26.0. The molecule has 0 amide bonds. The molecule has 8 heteroatoms. The zero-order valence-electron chi connectivity index (χ0n) is 20.9. The molecule has 3 aromatic rings. The number of aromatic nitrogens is 3. The van der Waals surface area contributed by atoms with Crippen LogP contribution in [-0.2, 0) is 12.5 Å². The molecule has 3 aliphatic rings. The van der Waals surface area contributed by atoms with E-state index in [1.54, 1.807) is 29.2 Å². The first-order chi connectivity index (χ1) is 17.4. The number of rotatable bonds is 2. The van der Waals surface area contributed by atoms with Crippen LogP contribution in [0.1, 0.15) is 48.0 Å². The molecule has 0 bridgehead atoms. The van der Waals surface area contributed by atoms with Gasteiger partial charge in [0.2, 0.25) is 0 Å². The lowest BCUT2D eigenvalue weighted by atomic mass is 9.80. The number of nitrogens with zero attached hydrogens (tertiary/aromatic N) is 4. The van der Waals surface area contributed by atoms with Crippen LogP contribution in [0.3, 0.4) is 0 Å². The van der Waals surface area contributed by atoms with Gasteiger partial charge in [-0.1, -0.05) is 42.3 Å². The average Bonchev–Trinajstić information content (AvgIpc) is 3.64. The minimum Gasteiger partial charge on any atom is -0.369 e. The third-order valence-corrected chi connectivity index (χ3v) is 7.38. The van der Waals surface area contributed by atoms with Crippen molar-refractivity contribution in [1.82, 2.24) is 19.7 Å². The van der Waals surface area contributed by atoms with E-state index in [1.807, 2.05) is 19.3 Å². The molecule has 4 heterocycles. The van der Waals surface area contributed by atoms with Crippen LogP contribution >= 0.6 is 11.6 Å². The molecule has 6 nitrogen and oxygen atoms in total. The Hall–Kier alpha value is -3.03. The minimum absolute atomic E-state index is 0.0226. The van der Waals surface area contributed by atoms with E-state index >= 15 is 0 Å². The summed E-state index contributed by atoms with van der Waals surface area (Å²) in [6, 6.07) is 6.61. The Morgan fingerprint density at radius 2 is 1.83 bits per heavy atom. The number of hydrogen-bond acceptors (Lipinski definition) is 5. The van der Waals surface area contributed by atoms with Gasteiger partial charge in [-0.05, 0) is 58.0 Å². The molecule has 1 spiro atoms. The second kappa shape index (κ2) is 11.8. The van der Waals surface area contributed by atoms with Crippen molar-refractivity contribution < 1.29 is 9.18 Å². The summed E-state index contributed by atoms with van der Waals surface area (Å²) in [5, 5.41) is 7.66. The highest BCUT2D eigenvalue weighted by Crippen LogP contribution is 2.50. The van der Waals surface area contributed by atoms with Crippen molar-refractivity contribution in [3.8, 4) is 11.1 Å². The van der Waals surface area contributed by atoms with E-state index < -0.39 is 5.82 Å². The van der Waals surface area contributed by atoms with Crippen LogP contribution in [0.5, 0.6) is 0 Å². The summed E-state index contributed by atoms with van der Waals surface area (Å²) in [6.07, 6.45) is 16.1. The smallest absolute Gasteiger partial charge is 0.153 e. The molecule has 0 unspecified atom stereocenters. The highest BCUT2D eigenvalue weighted by molar-refractivity contribution is 6.34. The van der Waals surface area contributed by atoms with Crippen LogP contribution in [0.4, 0.5) is 10.2 Å². The third-order valence-electron chi connectivity index (χ3n) is 6.99.